The van der Waals surface area contributed by atoms with E-state index in [0.29, 0.717) is 19.4 Å². The van der Waals surface area contributed by atoms with Crippen LogP contribution in [0.2, 0.25) is 0 Å². The second-order valence-electron chi connectivity index (χ2n) is 5.32. The molecule has 3 nitrogen and oxygen atoms in total. The normalized spacial score (nSPS) is 35.5. The molecular formula is C11H17F2NO2. The fourth-order valence-electron chi connectivity index (χ4n) is 2.15. The molecule has 1 N–H and O–H groups in total. The maximum atomic E-state index is 12.7. The molecule has 0 bridgehead atoms. The summed E-state index contributed by atoms with van der Waals surface area (Å²) in [7, 11) is 0. The highest BCUT2D eigenvalue weighted by Gasteiger charge is 2.61. The highest BCUT2D eigenvalue weighted by atomic mass is 19.3. The Morgan fingerprint density at radius 2 is 2.00 bits per heavy atom. The monoisotopic (exact) mass is 233 g/mol. The van der Waals surface area contributed by atoms with Gasteiger partial charge in [-0.2, -0.15) is 0 Å². The summed E-state index contributed by atoms with van der Waals surface area (Å²) in [5, 5.41) is 2.69. The number of hydrogen-bond donors (Lipinski definition) is 1. The van der Waals surface area contributed by atoms with Gasteiger partial charge >= 0.3 is 0 Å². The lowest BCUT2D eigenvalue weighted by molar-refractivity contribution is -0.127. The van der Waals surface area contributed by atoms with Gasteiger partial charge in [0.1, 0.15) is 5.92 Å². The van der Waals surface area contributed by atoms with Gasteiger partial charge in [-0.05, 0) is 26.7 Å². The number of amides is 1. The summed E-state index contributed by atoms with van der Waals surface area (Å²) < 4.78 is 30.8. The van der Waals surface area contributed by atoms with Gasteiger partial charge in [0.25, 0.3) is 5.92 Å². The molecule has 0 spiro atoms. The molecule has 5 heteroatoms. The molecule has 0 aromatic carbocycles. The summed E-state index contributed by atoms with van der Waals surface area (Å²) in [5.41, 5.74) is -0.276. The Labute approximate surface area is 93.5 Å². The lowest BCUT2D eigenvalue weighted by Crippen LogP contribution is -2.46. The van der Waals surface area contributed by atoms with Gasteiger partial charge in [0.15, 0.2) is 0 Å². The van der Waals surface area contributed by atoms with Crippen molar-refractivity contribution in [2.24, 2.45) is 5.92 Å². The Hall–Kier alpha value is -0.710. The number of carbonyl (C=O) groups excluding carboxylic acids is 1. The molecule has 2 atom stereocenters. The van der Waals surface area contributed by atoms with Gasteiger partial charge in [0.2, 0.25) is 5.91 Å². The number of halogens is 2. The van der Waals surface area contributed by atoms with Crippen molar-refractivity contribution in [2.45, 2.75) is 50.7 Å². The van der Waals surface area contributed by atoms with Gasteiger partial charge in [0, 0.05) is 19.1 Å². The number of hydrogen-bond acceptors (Lipinski definition) is 2. The van der Waals surface area contributed by atoms with Gasteiger partial charge in [-0.3, -0.25) is 4.79 Å². The van der Waals surface area contributed by atoms with E-state index in [2.05, 4.69) is 5.32 Å². The van der Waals surface area contributed by atoms with Crippen LogP contribution in [0, 0.1) is 5.92 Å². The van der Waals surface area contributed by atoms with Crippen molar-refractivity contribution in [1.82, 2.24) is 5.32 Å². The molecule has 92 valence electrons. The first-order chi connectivity index (χ1) is 7.30. The average molecular weight is 233 g/mol. The highest BCUT2D eigenvalue weighted by molar-refractivity contribution is 5.83. The third-order valence-electron chi connectivity index (χ3n) is 3.19. The van der Waals surface area contributed by atoms with Crippen LogP contribution in [0.1, 0.15) is 33.1 Å². The van der Waals surface area contributed by atoms with Crippen molar-refractivity contribution in [3.8, 4) is 0 Å². The minimum atomic E-state index is -2.77. The molecule has 1 aliphatic heterocycles. The first kappa shape index (κ1) is 11.8. The van der Waals surface area contributed by atoms with Crippen LogP contribution in [0.3, 0.4) is 0 Å². The van der Waals surface area contributed by atoms with E-state index in [1.807, 2.05) is 13.8 Å². The molecule has 2 rings (SSSR count). The summed E-state index contributed by atoms with van der Waals surface area (Å²) in [5.74, 6) is -4.38. The predicted molar refractivity (Wildman–Crippen MR) is 54.2 cm³/mol. The molecule has 0 unspecified atom stereocenters. The van der Waals surface area contributed by atoms with E-state index in [-0.39, 0.29) is 18.1 Å². The Morgan fingerprint density at radius 3 is 2.50 bits per heavy atom. The van der Waals surface area contributed by atoms with Crippen LogP contribution < -0.4 is 5.32 Å². The molecule has 2 aliphatic rings. The standard InChI is InChI=1S/C11H17F2NO2/c1-10(2)5-7(3-4-16-10)14-9(15)8-6-11(8,12)13/h7-8H,3-6H2,1-2H3,(H,14,15)/t7-,8-/m0/s1. The van der Waals surface area contributed by atoms with Crippen LogP contribution in [-0.4, -0.2) is 30.1 Å². The predicted octanol–water partition coefficient (Wildman–Crippen LogP) is 1.72. The maximum absolute atomic E-state index is 12.7. The zero-order valence-electron chi connectivity index (χ0n) is 9.56. The molecule has 1 saturated carbocycles. The minimum absolute atomic E-state index is 0.0346. The topological polar surface area (TPSA) is 38.3 Å². The molecule has 0 aromatic rings. The summed E-state index contributed by atoms with van der Waals surface area (Å²) in [6, 6.07) is -0.0346. The molecule has 0 radical (unpaired) electrons. The molecule has 1 aliphatic carbocycles. The van der Waals surface area contributed by atoms with E-state index in [4.69, 9.17) is 4.74 Å². The quantitative estimate of drug-likeness (QED) is 0.788. The van der Waals surface area contributed by atoms with Crippen LogP contribution in [0.25, 0.3) is 0 Å². The van der Waals surface area contributed by atoms with Crippen molar-refractivity contribution in [1.29, 1.82) is 0 Å². The largest absolute Gasteiger partial charge is 0.375 e. The van der Waals surface area contributed by atoms with Crippen LogP contribution in [0.15, 0.2) is 0 Å². The van der Waals surface area contributed by atoms with Crippen LogP contribution in [0.4, 0.5) is 8.78 Å². The summed E-state index contributed by atoms with van der Waals surface area (Å²) in [4.78, 5) is 11.5. The fourth-order valence-corrected chi connectivity index (χ4v) is 2.15. The van der Waals surface area contributed by atoms with Crippen molar-refractivity contribution in [3.63, 3.8) is 0 Å². The summed E-state index contributed by atoms with van der Waals surface area (Å²) in [6.07, 6.45) is 1.08. The van der Waals surface area contributed by atoms with Crippen molar-refractivity contribution < 1.29 is 18.3 Å². The zero-order valence-corrected chi connectivity index (χ0v) is 9.56. The van der Waals surface area contributed by atoms with E-state index in [0.717, 1.165) is 0 Å². The van der Waals surface area contributed by atoms with E-state index < -0.39 is 17.7 Å². The number of rotatable bonds is 2. The summed E-state index contributed by atoms with van der Waals surface area (Å²) in [6.45, 7) is 4.45. The van der Waals surface area contributed by atoms with E-state index in [1.54, 1.807) is 0 Å². The first-order valence-electron chi connectivity index (χ1n) is 5.62. The number of nitrogens with one attached hydrogen (secondary N) is 1. The first-order valence-corrected chi connectivity index (χ1v) is 5.62. The Balaban J connectivity index is 1.84. The molecular weight excluding hydrogens is 216 g/mol. The van der Waals surface area contributed by atoms with E-state index in [9.17, 15) is 13.6 Å². The van der Waals surface area contributed by atoms with Gasteiger partial charge < -0.3 is 10.1 Å². The molecule has 1 amide bonds. The second-order valence-corrected chi connectivity index (χ2v) is 5.32. The smallest absolute Gasteiger partial charge is 0.260 e. The van der Waals surface area contributed by atoms with Gasteiger partial charge in [-0.1, -0.05) is 0 Å². The average Bonchev–Trinajstić information content (AvgIpc) is 2.73. The third-order valence-corrected chi connectivity index (χ3v) is 3.19. The van der Waals surface area contributed by atoms with Crippen LogP contribution in [-0.2, 0) is 9.53 Å². The number of alkyl halides is 2. The van der Waals surface area contributed by atoms with E-state index >= 15 is 0 Å². The van der Waals surface area contributed by atoms with E-state index in [1.165, 1.54) is 0 Å². The minimum Gasteiger partial charge on any atom is -0.375 e. The number of ether oxygens (including phenoxy) is 1. The lowest BCUT2D eigenvalue weighted by atomic mass is 9.94. The Kier molecular flexibility index (Phi) is 2.69. The molecule has 16 heavy (non-hydrogen) atoms. The fraction of sp³-hybridized carbons (Fsp3) is 0.909. The SMILES string of the molecule is CC1(C)C[C@@H](NC(=O)[C@@H]2CC2(F)F)CCO1. The van der Waals surface area contributed by atoms with Crippen molar-refractivity contribution in [2.75, 3.05) is 6.61 Å². The zero-order chi connectivity index (χ0) is 12.0. The van der Waals surface area contributed by atoms with Gasteiger partial charge in [-0.15, -0.1) is 0 Å². The lowest BCUT2D eigenvalue weighted by Gasteiger charge is -2.35. The van der Waals surface area contributed by atoms with Crippen LogP contribution in [0.5, 0.6) is 0 Å². The van der Waals surface area contributed by atoms with Gasteiger partial charge in [0.05, 0.1) is 5.60 Å². The van der Waals surface area contributed by atoms with Crippen molar-refractivity contribution in [3.05, 3.63) is 0 Å². The summed E-state index contributed by atoms with van der Waals surface area (Å²) >= 11 is 0. The third kappa shape index (κ3) is 2.51. The Morgan fingerprint density at radius 1 is 1.38 bits per heavy atom. The second kappa shape index (κ2) is 3.65. The molecule has 0 aromatic heterocycles. The Bertz CT molecular complexity index is 304. The number of carbonyl (C=O) groups is 1. The van der Waals surface area contributed by atoms with Gasteiger partial charge in [-0.25, -0.2) is 8.78 Å². The van der Waals surface area contributed by atoms with Crippen molar-refractivity contribution >= 4 is 5.91 Å². The molecule has 1 heterocycles. The maximum Gasteiger partial charge on any atom is 0.260 e. The van der Waals surface area contributed by atoms with Crippen LogP contribution >= 0.6 is 0 Å². The molecule has 2 fully saturated rings. The molecule has 1 saturated heterocycles. The highest BCUT2D eigenvalue weighted by Crippen LogP contribution is 2.48.